The molecular formula is C20H21N5. The summed E-state index contributed by atoms with van der Waals surface area (Å²) in [4.78, 5) is 8.61. The fourth-order valence-electron chi connectivity index (χ4n) is 3.16. The summed E-state index contributed by atoms with van der Waals surface area (Å²) in [5.74, 6) is 0.458. The van der Waals surface area contributed by atoms with Crippen molar-refractivity contribution in [1.29, 1.82) is 0 Å². The average Bonchev–Trinajstić information content (AvgIpc) is 2.95. The molecule has 2 heterocycles. The topological polar surface area (TPSA) is 69.6 Å². The molecule has 25 heavy (non-hydrogen) atoms. The molecule has 0 aliphatic rings. The zero-order chi connectivity index (χ0) is 17.8. The zero-order valence-corrected chi connectivity index (χ0v) is 14.9. The highest BCUT2D eigenvalue weighted by Gasteiger charge is 2.23. The average molecular weight is 331 g/mol. The minimum Gasteiger partial charge on any atom is -0.383 e. The Morgan fingerprint density at radius 1 is 0.960 bits per heavy atom. The Hall–Kier alpha value is -2.95. The van der Waals surface area contributed by atoms with Gasteiger partial charge in [-0.3, -0.25) is 0 Å². The second-order valence-corrected chi connectivity index (χ2v) is 7.45. The van der Waals surface area contributed by atoms with Gasteiger partial charge in [0.15, 0.2) is 5.65 Å². The molecule has 0 unspecified atom stereocenters. The van der Waals surface area contributed by atoms with Crippen molar-refractivity contribution in [3.05, 3.63) is 48.3 Å². The van der Waals surface area contributed by atoms with E-state index in [0.717, 1.165) is 22.3 Å². The number of rotatable bonds is 1. The number of aromatic nitrogens is 4. The molecule has 0 fully saturated rings. The van der Waals surface area contributed by atoms with Crippen LogP contribution in [0, 0.1) is 6.92 Å². The summed E-state index contributed by atoms with van der Waals surface area (Å²) in [6, 6.07) is 12.8. The van der Waals surface area contributed by atoms with Crippen LogP contribution in [0.5, 0.6) is 0 Å². The van der Waals surface area contributed by atoms with Gasteiger partial charge in [0.05, 0.1) is 10.9 Å². The van der Waals surface area contributed by atoms with E-state index in [-0.39, 0.29) is 5.54 Å². The molecule has 0 aliphatic heterocycles. The van der Waals surface area contributed by atoms with Crippen LogP contribution in [0.4, 0.5) is 5.82 Å². The van der Waals surface area contributed by atoms with E-state index in [1.54, 1.807) is 0 Å². The van der Waals surface area contributed by atoms with Crippen molar-refractivity contribution < 1.29 is 0 Å². The van der Waals surface area contributed by atoms with Gasteiger partial charge in [0.1, 0.15) is 17.8 Å². The van der Waals surface area contributed by atoms with Gasteiger partial charge in [-0.1, -0.05) is 35.9 Å². The van der Waals surface area contributed by atoms with Crippen molar-refractivity contribution in [1.82, 2.24) is 19.7 Å². The van der Waals surface area contributed by atoms with E-state index in [2.05, 4.69) is 74.1 Å². The molecule has 5 nitrogen and oxygen atoms in total. The number of aryl methyl sites for hydroxylation is 1. The number of benzene rings is 2. The van der Waals surface area contributed by atoms with Gasteiger partial charge in [0.2, 0.25) is 0 Å². The Bertz CT molecular complexity index is 1100. The highest BCUT2D eigenvalue weighted by molar-refractivity contribution is 6.00. The van der Waals surface area contributed by atoms with Gasteiger partial charge in [-0.15, -0.1) is 0 Å². The summed E-state index contributed by atoms with van der Waals surface area (Å²) in [5.41, 5.74) is 9.83. The Morgan fingerprint density at radius 3 is 2.44 bits per heavy atom. The second kappa shape index (κ2) is 5.28. The van der Waals surface area contributed by atoms with Gasteiger partial charge < -0.3 is 5.73 Å². The van der Waals surface area contributed by atoms with Crippen LogP contribution in [0.15, 0.2) is 42.7 Å². The largest absolute Gasteiger partial charge is 0.383 e. The van der Waals surface area contributed by atoms with Crippen LogP contribution in [0.1, 0.15) is 26.3 Å². The SMILES string of the molecule is Cc1ccc2cc(-c3nn(C(C)(C)C)c4ncnc(N)c34)ccc2c1. The molecule has 0 radical (unpaired) electrons. The molecule has 2 aromatic carbocycles. The van der Waals surface area contributed by atoms with Crippen LogP contribution in [-0.4, -0.2) is 19.7 Å². The van der Waals surface area contributed by atoms with Crippen LogP contribution in [-0.2, 0) is 5.54 Å². The normalized spacial score (nSPS) is 12.2. The number of nitrogens with zero attached hydrogens (tertiary/aromatic N) is 4. The third-order valence-corrected chi connectivity index (χ3v) is 4.40. The van der Waals surface area contributed by atoms with E-state index in [0.29, 0.717) is 5.82 Å². The van der Waals surface area contributed by atoms with Gasteiger partial charge in [-0.2, -0.15) is 5.10 Å². The summed E-state index contributed by atoms with van der Waals surface area (Å²) < 4.78 is 1.93. The molecule has 0 aliphatic carbocycles. The molecule has 4 aromatic rings. The number of fused-ring (bicyclic) bond motifs is 2. The quantitative estimate of drug-likeness (QED) is 0.565. The van der Waals surface area contributed by atoms with Crippen LogP contribution in [0.25, 0.3) is 33.1 Å². The first-order valence-corrected chi connectivity index (χ1v) is 8.35. The van der Waals surface area contributed by atoms with Crippen molar-refractivity contribution in [2.45, 2.75) is 33.2 Å². The van der Waals surface area contributed by atoms with Crippen molar-refractivity contribution in [3.63, 3.8) is 0 Å². The Kier molecular flexibility index (Phi) is 3.29. The number of nitrogen functional groups attached to an aromatic ring is 1. The van der Waals surface area contributed by atoms with Crippen LogP contribution in [0.3, 0.4) is 0 Å². The second-order valence-electron chi connectivity index (χ2n) is 7.45. The molecule has 2 aromatic heterocycles. The highest BCUT2D eigenvalue weighted by atomic mass is 15.3. The van der Waals surface area contributed by atoms with Crippen LogP contribution >= 0.6 is 0 Å². The highest BCUT2D eigenvalue weighted by Crippen LogP contribution is 2.34. The summed E-state index contributed by atoms with van der Waals surface area (Å²) >= 11 is 0. The molecule has 0 saturated heterocycles. The first-order chi connectivity index (χ1) is 11.8. The standard InChI is InChI=1S/C20H21N5/c1-12-5-6-14-10-15(8-7-13(14)9-12)17-16-18(21)22-11-23-19(16)25(24-17)20(2,3)4/h5-11H,1-4H3,(H2,21,22,23). The maximum absolute atomic E-state index is 6.18. The Labute approximate surface area is 146 Å². The van der Waals surface area contributed by atoms with Gasteiger partial charge >= 0.3 is 0 Å². The van der Waals surface area contributed by atoms with E-state index in [4.69, 9.17) is 10.8 Å². The number of hydrogen-bond donors (Lipinski definition) is 1. The van der Waals surface area contributed by atoms with Crippen molar-refractivity contribution in [2.24, 2.45) is 0 Å². The number of anilines is 1. The molecular weight excluding hydrogens is 310 g/mol. The van der Waals surface area contributed by atoms with Gasteiger partial charge in [-0.25, -0.2) is 14.6 Å². The molecule has 2 N–H and O–H groups in total. The summed E-state index contributed by atoms with van der Waals surface area (Å²) in [7, 11) is 0. The molecule has 5 heteroatoms. The fourth-order valence-corrected chi connectivity index (χ4v) is 3.16. The van der Waals surface area contributed by atoms with Gasteiger partial charge in [0.25, 0.3) is 0 Å². The lowest BCUT2D eigenvalue weighted by Crippen LogP contribution is -2.23. The molecule has 0 saturated carbocycles. The van der Waals surface area contributed by atoms with E-state index in [9.17, 15) is 0 Å². The minimum atomic E-state index is -0.203. The maximum Gasteiger partial charge on any atom is 0.164 e. The van der Waals surface area contributed by atoms with Crippen molar-refractivity contribution in [3.8, 4) is 11.3 Å². The first kappa shape index (κ1) is 15.6. The molecule has 0 amide bonds. The molecule has 0 bridgehead atoms. The molecule has 0 spiro atoms. The van der Waals surface area contributed by atoms with Gasteiger partial charge in [-0.05, 0) is 44.5 Å². The molecule has 4 rings (SSSR count). The third kappa shape index (κ3) is 2.52. The van der Waals surface area contributed by atoms with E-state index in [1.165, 1.54) is 22.7 Å². The maximum atomic E-state index is 6.18. The lowest BCUT2D eigenvalue weighted by molar-refractivity contribution is 0.367. The Balaban J connectivity index is 2.02. The first-order valence-electron chi connectivity index (χ1n) is 8.35. The van der Waals surface area contributed by atoms with E-state index < -0.39 is 0 Å². The lowest BCUT2D eigenvalue weighted by Gasteiger charge is -2.19. The fraction of sp³-hybridized carbons (Fsp3) is 0.250. The number of nitrogens with two attached hydrogens (primary N) is 1. The zero-order valence-electron chi connectivity index (χ0n) is 14.9. The van der Waals surface area contributed by atoms with Crippen LogP contribution < -0.4 is 5.73 Å². The van der Waals surface area contributed by atoms with E-state index in [1.807, 2.05) is 4.68 Å². The summed E-state index contributed by atoms with van der Waals surface area (Å²) in [6.07, 6.45) is 1.49. The summed E-state index contributed by atoms with van der Waals surface area (Å²) in [6.45, 7) is 8.41. The van der Waals surface area contributed by atoms with E-state index >= 15 is 0 Å². The van der Waals surface area contributed by atoms with Crippen LogP contribution in [0.2, 0.25) is 0 Å². The third-order valence-electron chi connectivity index (χ3n) is 4.40. The smallest absolute Gasteiger partial charge is 0.164 e. The minimum absolute atomic E-state index is 0.203. The number of hydrogen-bond acceptors (Lipinski definition) is 4. The van der Waals surface area contributed by atoms with Crippen molar-refractivity contribution >= 4 is 27.6 Å². The van der Waals surface area contributed by atoms with Gasteiger partial charge in [0, 0.05) is 5.56 Å². The monoisotopic (exact) mass is 331 g/mol. The molecule has 126 valence electrons. The predicted molar refractivity (Wildman–Crippen MR) is 102 cm³/mol. The molecule has 0 atom stereocenters. The van der Waals surface area contributed by atoms with Crippen molar-refractivity contribution in [2.75, 3.05) is 5.73 Å². The summed E-state index contributed by atoms with van der Waals surface area (Å²) in [5, 5.41) is 8.05. The predicted octanol–water partition coefficient (Wildman–Crippen LogP) is 4.29. The lowest BCUT2D eigenvalue weighted by atomic mass is 10.0. The Morgan fingerprint density at radius 2 is 1.68 bits per heavy atom.